The Morgan fingerprint density at radius 2 is 1.65 bits per heavy atom. The molecule has 0 saturated heterocycles. The van der Waals surface area contributed by atoms with Crippen molar-refractivity contribution in [2.45, 2.75) is 31.7 Å². The molecule has 2 aromatic rings. The van der Waals surface area contributed by atoms with Crippen molar-refractivity contribution in [3.63, 3.8) is 0 Å². The largest absolute Gasteiger partial charge is 0.327 e. The van der Waals surface area contributed by atoms with Gasteiger partial charge in [0.05, 0.1) is 10.0 Å². The van der Waals surface area contributed by atoms with Crippen LogP contribution in [0.4, 0.5) is 0 Å². The Morgan fingerprint density at radius 1 is 1.00 bits per heavy atom. The molecule has 0 spiro atoms. The Bertz CT molecular complexity index is 579. The molecule has 0 fully saturated rings. The third-order valence-electron chi connectivity index (χ3n) is 3.92. The molecule has 0 saturated carbocycles. The molecule has 2 aromatic carbocycles. The zero-order valence-corrected chi connectivity index (χ0v) is 13.2. The fourth-order valence-corrected chi connectivity index (χ4v) is 2.68. The minimum atomic E-state index is -0.132. The van der Waals surface area contributed by atoms with Gasteiger partial charge in [0.15, 0.2) is 0 Å². The highest BCUT2D eigenvalue weighted by molar-refractivity contribution is 6.42. The monoisotopic (exact) mass is 307 g/mol. The second-order valence-electron chi connectivity index (χ2n) is 5.61. The zero-order valence-electron chi connectivity index (χ0n) is 11.7. The molecule has 3 heteroatoms. The lowest BCUT2D eigenvalue weighted by atomic mass is 9.76. The van der Waals surface area contributed by atoms with Crippen molar-refractivity contribution in [1.29, 1.82) is 0 Å². The van der Waals surface area contributed by atoms with Crippen LogP contribution in [-0.2, 0) is 11.8 Å². The third kappa shape index (κ3) is 3.17. The average Bonchev–Trinajstić information content (AvgIpc) is 2.44. The van der Waals surface area contributed by atoms with Crippen LogP contribution in [0.1, 0.15) is 25.0 Å². The van der Waals surface area contributed by atoms with Crippen LogP contribution >= 0.6 is 23.2 Å². The van der Waals surface area contributed by atoms with Crippen molar-refractivity contribution in [3.05, 3.63) is 69.7 Å². The molecule has 1 nitrogen and oxygen atoms in total. The predicted molar refractivity (Wildman–Crippen MR) is 87.6 cm³/mol. The van der Waals surface area contributed by atoms with Gasteiger partial charge in [-0.1, -0.05) is 79.5 Å². The van der Waals surface area contributed by atoms with E-state index in [-0.39, 0.29) is 11.5 Å². The number of benzene rings is 2. The number of hydrogen-bond acceptors (Lipinski definition) is 1. The van der Waals surface area contributed by atoms with Gasteiger partial charge in [-0.15, -0.1) is 0 Å². The summed E-state index contributed by atoms with van der Waals surface area (Å²) in [6, 6.07) is 16.0. The minimum Gasteiger partial charge on any atom is -0.327 e. The fourth-order valence-electron chi connectivity index (χ4n) is 2.28. The summed E-state index contributed by atoms with van der Waals surface area (Å²) in [7, 11) is 0. The molecular weight excluding hydrogens is 289 g/mol. The quantitative estimate of drug-likeness (QED) is 0.859. The Hall–Kier alpha value is -1.02. The molecule has 0 aliphatic heterocycles. The smallest absolute Gasteiger partial charge is 0.0624 e. The van der Waals surface area contributed by atoms with Crippen LogP contribution in [0.3, 0.4) is 0 Å². The van der Waals surface area contributed by atoms with Crippen LogP contribution in [0, 0.1) is 0 Å². The first-order chi connectivity index (χ1) is 9.43. The number of nitrogens with two attached hydrogens (primary N) is 1. The first-order valence-electron chi connectivity index (χ1n) is 6.67. The van der Waals surface area contributed by atoms with Gasteiger partial charge < -0.3 is 5.73 Å². The first-order valence-corrected chi connectivity index (χ1v) is 7.42. The third-order valence-corrected chi connectivity index (χ3v) is 4.77. The summed E-state index contributed by atoms with van der Waals surface area (Å²) in [6.07, 6.45) is 0.696. The van der Waals surface area contributed by atoms with Gasteiger partial charge in [0.1, 0.15) is 0 Å². The van der Waals surface area contributed by atoms with Gasteiger partial charge in [-0.25, -0.2) is 0 Å². The molecule has 0 aliphatic rings. The topological polar surface area (TPSA) is 26.0 Å². The first kappa shape index (κ1) is 15.4. The average molecular weight is 308 g/mol. The SMILES string of the molecule is CC(C)(c1ccccc1)C(N)Cc1cccc(Cl)c1Cl. The van der Waals surface area contributed by atoms with Gasteiger partial charge in [-0.2, -0.15) is 0 Å². The Labute approximate surface area is 130 Å². The summed E-state index contributed by atoms with van der Waals surface area (Å²) >= 11 is 12.3. The summed E-state index contributed by atoms with van der Waals surface area (Å²) in [5.41, 5.74) is 8.52. The van der Waals surface area contributed by atoms with Crippen molar-refractivity contribution in [3.8, 4) is 0 Å². The number of rotatable bonds is 4. The predicted octanol–water partition coefficient (Wildman–Crippen LogP) is 4.84. The molecule has 106 valence electrons. The Balaban J connectivity index is 2.23. The zero-order chi connectivity index (χ0) is 14.8. The van der Waals surface area contributed by atoms with Crippen molar-refractivity contribution in [2.24, 2.45) is 5.73 Å². The highest BCUT2D eigenvalue weighted by Gasteiger charge is 2.29. The van der Waals surface area contributed by atoms with Gasteiger partial charge in [0, 0.05) is 11.5 Å². The number of halogens is 2. The Kier molecular flexibility index (Phi) is 4.74. The molecule has 2 rings (SSSR count). The van der Waals surface area contributed by atoms with Crippen LogP contribution in [0.15, 0.2) is 48.5 Å². The molecule has 20 heavy (non-hydrogen) atoms. The molecule has 0 aliphatic carbocycles. The van der Waals surface area contributed by atoms with E-state index in [0.717, 1.165) is 5.56 Å². The van der Waals surface area contributed by atoms with E-state index in [1.165, 1.54) is 5.56 Å². The van der Waals surface area contributed by atoms with E-state index in [1.54, 1.807) is 6.07 Å². The standard InChI is InChI=1S/C17H19Cl2N/c1-17(2,13-8-4-3-5-9-13)15(20)11-12-7-6-10-14(18)16(12)19/h3-10,15H,11,20H2,1-2H3. The molecule has 1 unspecified atom stereocenters. The summed E-state index contributed by atoms with van der Waals surface area (Å²) in [6.45, 7) is 4.32. The van der Waals surface area contributed by atoms with Gasteiger partial charge in [-0.05, 0) is 23.6 Å². The van der Waals surface area contributed by atoms with Crippen molar-refractivity contribution < 1.29 is 0 Å². The van der Waals surface area contributed by atoms with E-state index in [4.69, 9.17) is 28.9 Å². The second-order valence-corrected chi connectivity index (χ2v) is 6.40. The van der Waals surface area contributed by atoms with E-state index in [1.807, 2.05) is 30.3 Å². The summed E-state index contributed by atoms with van der Waals surface area (Å²) in [4.78, 5) is 0. The van der Waals surface area contributed by atoms with E-state index < -0.39 is 0 Å². The fraction of sp³-hybridized carbons (Fsp3) is 0.294. The lowest BCUT2D eigenvalue weighted by Crippen LogP contribution is -2.42. The normalized spacial score (nSPS) is 13.2. The molecular formula is C17H19Cl2N. The molecule has 0 bridgehead atoms. The van der Waals surface area contributed by atoms with E-state index in [9.17, 15) is 0 Å². The lowest BCUT2D eigenvalue weighted by Gasteiger charge is -2.32. The number of hydrogen-bond donors (Lipinski definition) is 1. The van der Waals surface area contributed by atoms with Crippen LogP contribution in [0.2, 0.25) is 10.0 Å². The molecule has 2 N–H and O–H groups in total. The Morgan fingerprint density at radius 3 is 2.30 bits per heavy atom. The van der Waals surface area contributed by atoms with Crippen LogP contribution < -0.4 is 5.73 Å². The highest BCUT2D eigenvalue weighted by Crippen LogP contribution is 2.31. The molecule has 0 aromatic heterocycles. The second kappa shape index (κ2) is 6.17. The molecule has 0 amide bonds. The molecule has 0 radical (unpaired) electrons. The minimum absolute atomic E-state index is 0.0409. The summed E-state index contributed by atoms with van der Waals surface area (Å²) < 4.78 is 0. The molecule has 0 heterocycles. The van der Waals surface area contributed by atoms with Crippen LogP contribution in [-0.4, -0.2) is 6.04 Å². The van der Waals surface area contributed by atoms with Crippen molar-refractivity contribution in [2.75, 3.05) is 0 Å². The van der Waals surface area contributed by atoms with E-state index >= 15 is 0 Å². The maximum absolute atomic E-state index is 6.43. The molecule has 1 atom stereocenters. The van der Waals surface area contributed by atoms with Crippen molar-refractivity contribution in [1.82, 2.24) is 0 Å². The highest BCUT2D eigenvalue weighted by atomic mass is 35.5. The van der Waals surface area contributed by atoms with Crippen LogP contribution in [0.5, 0.6) is 0 Å². The summed E-state index contributed by atoms with van der Waals surface area (Å²) in [5.74, 6) is 0. The van der Waals surface area contributed by atoms with Gasteiger partial charge in [-0.3, -0.25) is 0 Å². The van der Waals surface area contributed by atoms with Gasteiger partial charge in [0.2, 0.25) is 0 Å². The van der Waals surface area contributed by atoms with Gasteiger partial charge in [0.25, 0.3) is 0 Å². The van der Waals surface area contributed by atoms with Gasteiger partial charge >= 0.3 is 0 Å². The van der Waals surface area contributed by atoms with Crippen LogP contribution in [0.25, 0.3) is 0 Å². The maximum atomic E-state index is 6.43. The lowest BCUT2D eigenvalue weighted by molar-refractivity contribution is 0.406. The van der Waals surface area contributed by atoms with E-state index in [0.29, 0.717) is 16.5 Å². The maximum Gasteiger partial charge on any atom is 0.0624 e. The van der Waals surface area contributed by atoms with Crippen molar-refractivity contribution >= 4 is 23.2 Å². The summed E-state index contributed by atoms with van der Waals surface area (Å²) in [5, 5.41) is 1.18. The van der Waals surface area contributed by atoms with E-state index in [2.05, 4.69) is 26.0 Å².